The second kappa shape index (κ2) is 9.76. The molecule has 1 aromatic heterocycles. The monoisotopic (exact) mass is 522 g/mol. The molecule has 0 spiro atoms. The molecular weight excluding hydrogens is 492 g/mol. The first-order chi connectivity index (χ1) is 18.5. The van der Waals surface area contributed by atoms with Crippen molar-refractivity contribution < 1.29 is 9.47 Å². The molecule has 2 aliphatic rings. The number of aromatic nitrogens is 1. The maximum Gasteiger partial charge on any atom is 0.271 e. The van der Waals surface area contributed by atoms with Crippen LogP contribution in [0.3, 0.4) is 0 Å². The molecular formula is C32H30N2O3S. The first kappa shape index (κ1) is 24.4. The third-order valence-electron chi connectivity index (χ3n) is 7.50. The van der Waals surface area contributed by atoms with Crippen LogP contribution < -0.4 is 24.4 Å². The molecule has 3 aromatic carbocycles. The SMILES string of the molecule is COc1ccc([C@H]2C3=C(N=c4s/c(=C/c5ccc(C(C)C)cc5)c(=O)n42)c2ccccc2CC3)cc1OC. The first-order valence-corrected chi connectivity index (χ1v) is 13.7. The minimum absolute atomic E-state index is 0.0214. The van der Waals surface area contributed by atoms with Crippen LogP contribution in [0.2, 0.25) is 0 Å². The fourth-order valence-electron chi connectivity index (χ4n) is 5.47. The zero-order valence-electron chi connectivity index (χ0n) is 22.0. The van der Waals surface area contributed by atoms with Crippen molar-refractivity contribution in [2.45, 2.75) is 38.6 Å². The lowest BCUT2D eigenvalue weighted by molar-refractivity contribution is 0.354. The summed E-state index contributed by atoms with van der Waals surface area (Å²) in [6.07, 6.45) is 3.74. The molecule has 0 bridgehead atoms. The predicted octanol–water partition coefficient (Wildman–Crippen LogP) is 5.46. The number of hydrogen-bond donors (Lipinski definition) is 0. The summed E-state index contributed by atoms with van der Waals surface area (Å²) in [5.74, 6) is 1.77. The van der Waals surface area contributed by atoms with Crippen molar-refractivity contribution >= 4 is 23.1 Å². The van der Waals surface area contributed by atoms with Gasteiger partial charge >= 0.3 is 0 Å². The number of nitrogens with zero attached hydrogens (tertiary/aromatic N) is 2. The summed E-state index contributed by atoms with van der Waals surface area (Å²) in [6, 6.07) is 22.6. The maximum atomic E-state index is 14.0. The maximum absolute atomic E-state index is 14.0. The molecule has 2 heterocycles. The summed E-state index contributed by atoms with van der Waals surface area (Å²) in [5, 5.41) is 0. The van der Waals surface area contributed by atoms with Crippen molar-refractivity contribution in [2.24, 2.45) is 4.99 Å². The predicted molar refractivity (Wildman–Crippen MR) is 153 cm³/mol. The lowest BCUT2D eigenvalue weighted by atomic mass is 9.83. The Kier molecular flexibility index (Phi) is 6.28. The number of benzene rings is 3. The average Bonchev–Trinajstić information content (AvgIpc) is 3.25. The molecule has 6 heteroatoms. The number of allylic oxidation sites excluding steroid dienone is 1. The van der Waals surface area contributed by atoms with E-state index in [4.69, 9.17) is 14.5 Å². The van der Waals surface area contributed by atoms with Gasteiger partial charge in [0.1, 0.15) is 0 Å². The molecule has 4 aromatic rings. The molecule has 1 aliphatic heterocycles. The van der Waals surface area contributed by atoms with Gasteiger partial charge < -0.3 is 9.47 Å². The van der Waals surface area contributed by atoms with E-state index in [1.165, 1.54) is 22.5 Å². The van der Waals surface area contributed by atoms with Gasteiger partial charge in [-0.3, -0.25) is 9.36 Å². The number of rotatable bonds is 5. The molecule has 0 saturated carbocycles. The van der Waals surface area contributed by atoms with E-state index in [2.05, 4.69) is 62.4 Å². The van der Waals surface area contributed by atoms with Gasteiger partial charge in [0.2, 0.25) is 0 Å². The molecule has 1 atom stereocenters. The molecule has 5 nitrogen and oxygen atoms in total. The molecule has 0 saturated heterocycles. The Morgan fingerprint density at radius 3 is 2.47 bits per heavy atom. The van der Waals surface area contributed by atoms with Crippen molar-refractivity contribution in [1.29, 1.82) is 0 Å². The van der Waals surface area contributed by atoms with E-state index in [-0.39, 0.29) is 11.6 Å². The van der Waals surface area contributed by atoms with E-state index in [1.807, 2.05) is 28.8 Å². The van der Waals surface area contributed by atoms with Gasteiger partial charge in [0.05, 0.1) is 30.5 Å². The standard InChI is InChI=1S/C32H30N2O3S/c1-19(2)21-11-9-20(10-12-21)17-28-31(35)34-30(23-14-16-26(36-3)27(18-23)37-4)25-15-13-22-7-5-6-8-24(22)29(25)33-32(34)38-28/h5-12,14,16-19,30H,13,15H2,1-4H3/b28-17+/t30-/m0/s1. The largest absolute Gasteiger partial charge is 0.493 e. The number of thiazole rings is 1. The van der Waals surface area contributed by atoms with E-state index in [9.17, 15) is 4.79 Å². The van der Waals surface area contributed by atoms with Crippen molar-refractivity contribution in [3.8, 4) is 11.5 Å². The van der Waals surface area contributed by atoms with E-state index in [1.54, 1.807) is 14.2 Å². The Bertz CT molecular complexity index is 1740. The van der Waals surface area contributed by atoms with Crippen LogP contribution in [-0.2, 0) is 6.42 Å². The highest BCUT2D eigenvalue weighted by molar-refractivity contribution is 7.07. The van der Waals surface area contributed by atoms with Gasteiger partial charge in [-0.15, -0.1) is 0 Å². The number of fused-ring (bicyclic) bond motifs is 3. The van der Waals surface area contributed by atoms with Gasteiger partial charge in [0.15, 0.2) is 16.3 Å². The zero-order chi connectivity index (χ0) is 26.4. The van der Waals surface area contributed by atoms with Gasteiger partial charge in [-0.1, -0.05) is 79.8 Å². The molecule has 0 unspecified atom stereocenters. The molecule has 0 amide bonds. The Morgan fingerprint density at radius 1 is 0.974 bits per heavy atom. The minimum atomic E-state index is -0.264. The van der Waals surface area contributed by atoms with Gasteiger partial charge in [0, 0.05) is 5.56 Å². The van der Waals surface area contributed by atoms with Crippen LogP contribution in [0.1, 0.15) is 60.0 Å². The van der Waals surface area contributed by atoms with Crippen LogP contribution in [0.4, 0.5) is 0 Å². The van der Waals surface area contributed by atoms with Gasteiger partial charge in [-0.2, -0.15) is 0 Å². The van der Waals surface area contributed by atoms with Crippen molar-refractivity contribution in [1.82, 2.24) is 4.57 Å². The summed E-state index contributed by atoms with van der Waals surface area (Å²) in [5.41, 5.74) is 7.86. The smallest absolute Gasteiger partial charge is 0.271 e. The summed E-state index contributed by atoms with van der Waals surface area (Å²) in [4.78, 5) is 19.8. The van der Waals surface area contributed by atoms with Gasteiger partial charge in [-0.05, 0) is 64.8 Å². The number of aryl methyl sites for hydroxylation is 1. The van der Waals surface area contributed by atoms with Crippen LogP contribution in [0.5, 0.6) is 11.5 Å². The Morgan fingerprint density at radius 2 is 1.74 bits per heavy atom. The van der Waals surface area contributed by atoms with Crippen LogP contribution >= 0.6 is 11.3 Å². The van der Waals surface area contributed by atoms with Gasteiger partial charge in [0.25, 0.3) is 5.56 Å². The highest BCUT2D eigenvalue weighted by Gasteiger charge is 2.33. The number of hydrogen-bond acceptors (Lipinski definition) is 5. The molecule has 1 aliphatic carbocycles. The van der Waals surface area contributed by atoms with Crippen LogP contribution in [0.25, 0.3) is 11.8 Å². The van der Waals surface area contributed by atoms with E-state index in [0.717, 1.165) is 45.6 Å². The molecule has 0 radical (unpaired) electrons. The van der Waals surface area contributed by atoms with Crippen LogP contribution in [-0.4, -0.2) is 18.8 Å². The fourth-order valence-corrected chi connectivity index (χ4v) is 6.47. The zero-order valence-corrected chi connectivity index (χ0v) is 22.8. The quantitative estimate of drug-likeness (QED) is 0.350. The van der Waals surface area contributed by atoms with Crippen molar-refractivity contribution in [3.05, 3.63) is 120 Å². The second-order valence-corrected chi connectivity index (χ2v) is 11.1. The summed E-state index contributed by atoms with van der Waals surface area (Å²) in [6.45, 7) is 4.36. The summed E-state index contributed by atoms with van der Waals surface area (Å²) >= 11 is 1.45. The number of ether oxygens (including phenoxy) is 2. The first-order valence-electron chi connectivity index (χ1n) is 12.9. The Balaban J connectivity index is 1.58. The number of methoxy groups -OCH3 is 2. The fraction of sp³-hybridized carbons (Fsp3) is 0.250. The Labute approximate surface area is 226 Å². The third-order valence-corrected chi connectivity index (χ3v) is 8.48. The molecule has 6 rings (SSSR count). The van der Waals surface area contributed by atoms with E-state index < -0.39 is 0 Å². The topological polar surface area (TPSA) is 52.8 Å². The van der Waals surface area contributed by atoms with Gasteiger partial charge in [-0.25, -0.2) is 4.99 Å². The third kappa shape index (κ3) is 4.09. The highest BCUT2D eigenvalue weighted by Crippen LogP contribution is 2.42. The minimum Gasteiger partial charge on any atom is -0.493 e. The van der Waals surface area contributed by atoms with Crippen LogP contribution in [0.15, 0.2) is 82.1 Å². The van der Waals surface area contributed by atoms with E-state index in [0.29, 0.717) is 21.9 Å². The Hall–Kier alpha value is -3.90. The molecule has 192 valence electrons. The summed E-state index contributed by atoms with van der Waals surface area (Å²) in [7, 11) is 3.27. The van der Waals surface area contributed by atoms with E-state index >= 15 is 0 Å². The van der Waals surface area contributed by atoms with Crippen LogP contribution in [0, 0.1) is 0 Å². The van der Waals surface area contributed by atoms with Crippen molar-refractivity contribution in [2.75, 3.05) is 14.2 Å². The molecule has 0 N–H and O–H groups in total. The highest BCUT2D eigenvalue weighted by atomic mass is 32.1. The second-order valence-electron chi connectivity index (χ2n) is 10.0. The average molecular weight is 523 g/mol. The molecule has 0 fully saturated rings. The van der Waals surface area contributed by atoms with Crippen molar-refractivity contribution in [3.63, 3.8) is 0 Å². The molecule has 38 heavy (non-hydrogen) atoms. The summed E-state index contributed by atoms with van der Waals surface area (Å²) < 4.78 is 13.7. The lowest BCUT2D eigenvalue weighted by Gasteiger charge is -2.31. The lowest BCUT2D eigenvalue weighted by Crippen LogP contribution is -2.38. The normalized spacial score (nSPS) is 16.6.